The Morgan fingerprint density at radius 2 is 1.79 bits per heavy atom. The number of carbonyl (C=O) groups excluding carboxylic acids is 2. The first-order chi connectivity index (χ1) is 16.1. The average molecular weight is 500 g/mol. The highest BCUT2D eigenvalue weighted by atomic mass is 35.5. The van der Waals surface area contributed by atoms with Crippen molar-refractivity contribution in [2.45, 2.75) is 13.3 Å². The lowest BCUT2D eigenvalue weighted by Gasteiger charge is -2.27. The third-order valence-corrected chi connectivity index (χ3v) is 5.09. The van der Waals surface area contributed by atoms with Gasteiger partial charge in [-0.1, -0.05) is 23.7 Å². The summed E-state index contributed by atoms with van der Waals surface area (Å²) in [5, 5.41) is 8.42. The number of halogens is 4. The van der Waals surface area contributed by atoms with Crippen LogP contribution in [-0.4, -0.2) is 56.0 Å². The van der Waals surface area contributed by atoms with Gasteiger partial charge in [-0.3, -0.25) is 4.79 Å². The van der Waals surface area contributed by atoms with Crippen LogP contribution in [0.25, 0.3) is 0 Å². The van der Waals surface area contributed by atoms with Gasteiger partial charge in [0.2, 0.25) is 0 Å². The minimum Gasteiger partial charge on any atom is -0.465 e. The van der Waals surface area contributed by atoms with Gasteiger partial charge in [0.1, 0.15) is 5.75 Å². The Bertz CT molecular complexity index is 1060. The molecular weight excluding hydrogens is 479 g/mol. The predicted octanol–water partition coefficient (Wildman–Crippen LogP) is 4.69. The van der Waals surface area contributed by atoms with Crippen molar-refractivity contribution in [2.75, 3.05) is 32.2 Å². The number of alkyl halides is 3. The van der Waals surface area contributed by atoms with Gasteiger partial charge in [-0.15, -0.1) is 13.2 Å². The molecule has 0 radical (unpaired) electrons. The molecule has 1 aliphatic rings. The lowest BCUT2D eigenvalue weighted by Crippen LogP contribution is -2.48. The molecule has 0 aromatic heterocycles. The zero-order valence-electron chi connectivity index (χ0n) is 18.2. The van der Waals surface area contributed by atoms with E-state index in [0.717, 1.165) is 17.1 Å². The number of anilines is 1. The third kappa shape index (κ3) is 5.78. The molecule has 1 aliphatic heterocycles. The molecule has 12 heteroatoms. The second-order valence-corrected chi connectivity index (χ2v) is 7.69. The van der Waals surface area contributed by atoms with E-state index in [1.54, 1.807) is 31.2 Å². The number of carbonyl (C=O) groups is 2. The second-order valence-electron chi connectivity index (χ2n) is 7.25. The molecule has 1 unspecified atom stereocenters. The number of nitrogens with one attached hydrogen (secondary N) is 1. The number of esters is 1. The number of hydrazone groups is 1. The maximum absolute atomic E-state index is 13.0. The van der Waals surface area contributed by atoms with Gasteiger partial charge in [-0.25, -0.2) is 9.80 Å². The summed E-state index contributed by atoms with van der Waals surface area (Å²) in [4.78, 5) is 25.9. The smallest absolute Gasteiger partial charge is 0.465 e. The molecule has 1 heterocycles. The van der Waals surface area contributed by atoms with Crippen LogP contribution in [0.1, 0.15) is 12.5 Å². The van der Waals surface area contributed by atoms with Gasteiger partial charge in [0.25, 0.3) is 0 Å². The Morgan fingerprint density at radius 3 is 2.35 bits per heavy atom. The maximum Gasteiger partial charge on any atom is 0.573 e. The van der Waals surface area contributed by atoms with Gasteiger partial charge in [-0.05, 0) is 48.9 Å². The van der Waals surface area contributed by atoms with Crippen LogP contribution in [0.15, 0.2) is 53.6 Å². The van der Waals surface area contributed by atoms with Gasteiger partial charge in [0, 0.05) is 17.8 Å². The van der Waals surface area contributed by atoms with Crippen molar-refractivity contribution in [1.82, 2.24) is 5.01 Å². The van der Waals surface area contributed by atoms with Crippen molar-refractivity contribution in [1.29, 1.82) is 0 Å². The number of methoxy groups -OCH3 is 1. The van der Waals surface area contributed by atoms with Crippen LogP contribution >= 0.6 is 11.6 Å². The van der Waals surface area contributed by atoms with Crippen molar-refractivity contribution in [2.24, 2.45) is 10.5 Å². The Labute approximate surface area is 198 Å². The Morgan fingerprint density at radius 1 is 1.15 bits per heavy atom. The van der Waals surface area contributed by atoms with Crippen LogP contribution in [0.4, 0.5) is 23.7 Å². The van der Waals surface area contributed by atoms with Crippen molar-refractivity contribution in [3.05, 3.63) is 59.1 Å². The zero-order valence-corrected chi connectivity index (χ0v) is 18.9. The van der Waals surface area contributed by atoms with E-state index in [1.165, 1.54) is 19.2 Å². The summed E-state index contributed by atoms with van der Waals surface area (Å²) in [5.41, 5.74) is -0.407. The molecule has 0 fully saturated rings. The predicted molar refractivity (Wildman–Crippen MR) is 118 cm³/mol. The van der Waals surface area contributed by atoms with E-state index < -0.39 is 29.5 Å². The SMILES string of the molecule is CCOC(=O)C1(COC)CN(C(=O)Nc2ccc(OC(F)(F)F)cc2)N=C1c1ccc(Cl)cc1. The van der Waals surface area contributed by atoms with E-state index in [4.69, 9.17) is 21.1 Å². The fraction of sp³-hybridized carbons (Fsp3) is 0.318. The highest BCUT2D eigenvalue weighted by molar-refractivity contribution is 6.30. The average Bonchev–Trinajstić information content (AvgIpc) is 3.16. The summed E-state index contributed by atoms with van der Waals surface area (Å²) in [6.07, 6.45) is -4.83. The van der Waals surface area contributed by atoms with Crippen LogP contribution < -0.4 is 10.1 Å². The molecule has 3 rings (SSSR count). The number of amides is 2. The highest BCUT2D eigenvalue weighted by Gasteiger charge is 2.52. The molecule has 1 N–H and O–H groups in total. The number of hydrogen-bond donors (Lipinski definition) is 1. The fourth-order valence-electron chi connectivity index (χ4n) is 3.42. The van der Waals surface area contributed by atoms with Crippen LogP contribution in [0, 0.1) is 5.41 Å². The monoisotopic (exact) mass is 499 g/mol. The summed E-state index contributed by atoms with van der Waals surface area (Å²) in [6.45, 7) is 1.47. The lowest BCUT2D eigenvalue weighted by molar-refractivity contribution is -0.274. The highest BCUT2D eigenvalue weighted by Crippen LogP contribution is 2.34. The molecule has 0 saturated heterocycles. The standard InChI is InChI=1S/C22H21ClF3N3O5/c1-3-33-19(30)21(13-32-2)12-29(28-18(21)14-4-6-15(23)7-5-14)20(31)27-16-8-10-17(11-9-16)34-22(24,25)26/h4-11H,3,12-13H2,1-2H3,(H,27,31). The molecule has 1 atom stereocenters. The van der Waals surface area contributed by atoms with Gasteiger partial charge in [0.15, 0.2) is 5.41 Å². The molecule has 0 aliphatic carbocycles. The van der Waals surface area contributed by atoms with Crippen molar-refractivity contribution < 1.29 is 37.0 Å². The summed E-state index contributed by atoms with van der Waals surface area (Å²) < 4.78 is 51.4. The quantitative estimate of drug-likeness (QED) is 0.558. The van der Waals surface area contributed by atoms with Crippen molar-refractivity contribution in [3.8, 4) is 5.75 Å². The number of rotatable bonds is 7. The van der Waals surface area contributed by atoms with E-state index in [9.17, 15) is 22.8 Å². The Hall–Kier alpha value is -3.31. The largest absolute Gasteiger partial charge is 0.573 e. The Balaban J connectivity index is 1.88. The molecule has 0 bridgehead atoms. The van der Waals surface area contributed by atoms with Crippen LogP contribution in [0.5, 0.6) is 5.75 Å². The van der Waals surface area contributed by atoms with Gasteiger partial charge in [0.05, 0.1) is 25.5 Å². The first-order valence-electron chi connectivity index (χ1n) is 10.0. The molecule has 8 nitrogen and oxygen atoms in total. The van der Waals surface area contributed by atoms with Crippen LogP contribution in [0.2, 0.25) is 5.02 Å². The van der Waals surface area contributed by atoms with Crippen molar-refractivity contribution in [3.63, 3.8) is 0 Å². The minimum absolute atomic E-state index is 0.108. The molecule has 2 amide bonds. The first-order valence-corrected chi connectivity index (χ1v) is 10.4. The van der Waals surface area contributed by atoms with Crippen LogP contribution in [-0.2, 0) is 14.3 Å². The van der Waals surface area contributed by atoms with E-state index in [-0.39, 0.29) is 31.2 Å². The number of urea groups is 1. The first kappa shape index (κ1) is 25.3. The molecule has 34 heavy (non-hydrogen) atoms. The zero-order chi connectivity index (χ0) is 24.9. The van der Waals surface area contributed by atoms with E-state index in [1.807, 2.05) is 0 Å². The fourth-order valence-corrected chi connectivity index (χ4v) is 3.55. The van der Waals surface area contributed by atoms with E-state index in [2.05, 4.69) is 15.2 Å². The lowest BCUT2D eigenvalue weighted by atomic mass is 9.81. The van der Waals surface area contributed by atoms with Crippen molar-refractivity contribution >= 4 is 35.0 Å². The van der Waals surface area contributed by atoms with Gasteiger partial charge in [-0.2, -0.15) is 5.10 Å². The topological polar surface area (TPSA) is 89.5 Å². The Kier molecular flexibility index (Phi) is 7.68. The number of ether oxygens (including phenoxy) is 3. The number of nitrogens with zero attached hydrogens (tertiary/aromatic N) is 2. The molecule has 0 spiro atoms. The molecule has 2 aromatic carbocycles. The number of benzene rings is 2. The molecule has 0 saturated carbocycles. The molecule has 2 aromatic rings. The minimum atomic E-state index is -4.83. The summed E-state index contributed by atoms with van der Waals surface area (Å²) >= 11 is 5.98. The van der Waals surface area contributed by atoms with Crippen LogP contribution in [0.3, 0.4) is 0 Å². The molecule has 182 valence electrons. The maximum atomic E-state index is 13.0. The summed E-state index contributed by atoms with van der Waals surface area (Å²) in [5.74, 6) is -1.05. The third-order valence-electron chi connectivity index (χ3n) is 4.84. The second kappa shape index (κ2) is 10.3. The summed E-state index contributed by atoms with van der Waals surface area (Å²) in [6, 6.07) is 10.5. The summed E-state index contributed by atoms with van der Waals surface area (Å²) in [7, 11) is 1.41. The van der Waals surface area contributed by atoms with E-state index >= 15 is 0 Å². The van der Waals surface area contributed by atoms with E-state index in [0.29, 0.717) is 10.6 Å². The molecular formula is C22H21ClF3N3O5. The van der Waals surface area contributed by atoms with Gasteiger partial charge >= 0.3 is 18.4 Å². The number of hydrogen-bond acceptors (Lipinski definition) is 6. The van der Waals surface area contributed by atoms with Gasteiger partial charge < -0.3 is 19.5 Å². The normalized spacial score (nSPS) is 17.8.